The smallest absolute Gasteiger partial charge is 0.297 e. The van der Waals surface area contributed by atoms with Crippen LogP contribution < -0.4 is 10.6 Å². The van der Waals surface area contributed by atoms with Crippen molar-refractivity contribution in [1.29, 1.82) is 0 Å². The van der Waals surface area contributed by atoms with Crippen LogP contribution in [0.3, 0.4) is 0 Å². The molecule has 1 fully saturated rings. The number of aromatic nitrogens is 1. The molecule has 84 valence electrons. The lowest BCUT2D eigenvalue weighted by atomic mass is 9.88. The Morgan fingerprint density at radius 1 is 1.67 bits per heavy atom. The van der Waals surface area contributed by atoms with Gasteiger partial charge in [0, 0.05) is 12.6 Å². The van der Waals surface area contributed by atoms with Crippen LogP contribution in [0.2, 0.25) is 0 Å². The second-order valence-corrected chi connectivity index (χ2v) is 4.12. The lowest BCUT2D eigenvalue weighted by Gasteiger charge is -2.39. The number of nitrogens with two attached hydrogens (primary N) is 1. The Morgan fingerprint density at radius 2 is 2.53 bits per heavy atom. The first kappa shape index (κ1) is 10.5. The molecule has 2 rings (SSSR count). The largest absolute Gasteiger partial charge is 0.432 e. The van der Waals surface area contributed by atoms with Crippen LogP contribution in [-0.2, 0) is 0 Å². The predicted molar refractivity (Wildman–Crippen MR) is 59.7 cm³/mol. The number of piperidine rings is 1. The van der Waals surface area contributed by atoms with Crippen LogP contribution in [0.5, 0.6) is 0 Å². The molecule has 1 aromatic rings. The molecule has 4 heteroatoms. The van der Waals surface area contributed by atoms with Gasteiger partial charge in [-0.05, 0) is 31.7 Å². The van der Waals surface area contributed by atoms with Gasteiger partial charge >= 0.3 is 0 Å². The zero-order valence-electron chi connectivity index (χ0n) is 9.22. The fraction of sp³-hybridized carbons (Fsp3) is 0.727. The first-order valence-corrected chi connectivity index (χ1v) is 5.73. The summed E-state index contributed by atoms with van der Waals surface area (Å²) in [4.78, 5) is 6.49. The zero-order valence-corrected chi connectivity index (χ0v) is 9.22. The molecule has 1 aromatic heterocycles. The SMILES string of the molecule is CC[C@@H]1[C@@H](CN)CCCN1c1ncco1. The molecule has 1 saturated heterocycles. The molecular weight excluding hydrogens is 190 g/mol. The average molecular weight is 209 g/mol. The van der Waals surface area contributed by atoms with Gasteiger partial charge in [0.15, 0.2) is 0 Å². The highest BCUT2D eigenvalue weighted by atomic mass is 16.4. The highest BCUT2D eigenvalue weighted by molar-refractivity contribution is 5.28. The van der Waals surface area contributed by atoms with E-state index in [0.717, 1.165) is 25.5 Å². The number of anilines is 1. The predicted octanol–water partition coefficient (Wildman–Crippen LogP) is 1.63. The van der Waals surface area contributed by atoms with Crippen molar-refractivity contribution < 1.29 is 4.42 Å². The standard InChI is InChI=1S/C11H19N3O/c1-2-10-9(8-12)4-3-6-14(10)11-13-5-7-15-11/h5,7,9-10H,2-4,6,8,12H2,1H3/t9-,10-/m1/s1. The topological polar surface area (TPSA) is 55.3 Å². The van der Waals surface area contributed by atoms with Crippen molar-refractivity contribution in [3.05, 3.63) is 12.5 Å². The molecule has 4 nitrogen and oxygen atoms in total. The minimum absolute atomic E-state index is 0.488. The van der Waals surface area contributed by atoms with E-state index in [1.165, 1.54) is 12.8 Å². The number of hydrogen-bond donors (Lipinski definition) is 1. The normalized spacial score (nSPS) is 26.9. The van der Waals surface area contributed by atoms with E-state index in [1.807, 2.05) is 0 Å². The van der Waals surface area contributed by atoms with Gasteiger partial charge in [0.1, 0.15) is 6.26 Å². The first-order valence-electron chi connectivity index (χ1n) is 5.73. The molecule has 0 saturated carbocycles. The summed E-state index contributed by atoms with van der Waals surface area (Å²) in [6.45, 7) is 4.00. The molecule has 0 aromatic carbocycles. The molecule has 2 heterocycles. The maximum Gasteiger partial charge on any atom is 0.297 e. The van der Waals surface area contributed by atoms with Crippen molar-refractivity contribution in [2.45, 2.75) is 32.2 Å². The van der Waals surface area contributed by atoms with Crippen LogP contribution in [-0.4, -0.2) is 24.1 Å². The second kappa shape index (κ2) is 4.66. The van der Waals surface area contributed by atoms with E-state index in [1.54, 1.807) is 12.5 Å². The van der Waals surface area contributed by atoms with Gasteiger partial charge in [-0.15, -0.1) is 0 Å². The molecule has 1 aliphatic heterocycles. The molecule has 0 bridgehead atoms. The molecule has 0 aliphatic carbocycles. The average Bonchev–Trinajstić information content (AvgIpc) is 2.81. The molecule has 0 spiro atoms. The van der Waals surface area contributed by atoms with Crippen LogP contribution in [0.4, 0.5) is 6.01 Å². The van der Waals surface area contributed by atoms with Gasteiger partial charge in [-0.3, -0.25) is 0 Å². The van der Waals surface area contributed by atoms with E-state index in [-0.39, 0.29) is 0 Å². The molecule has 1 aliphatic rings. The van der Waals surface area contributed by atoms with E-state index in [4.69, 9.17) is 10.2 Å². The van der Waals surface area contributed by atoms with Crippen molar-refractivity contribution in [2.75, 3.05) is 18.0 Å². The van der Waals surface area contributed by atoms with E-state index in [2.05, 4.69) is 16.8 Å². The number of rotatable bonds is 3. The van der Waals surface area contributed by atoms with Crippen molar-refractivity contribution in [1.82, 2.24) is 4.98 Å². The fourth-order valence-electron chi connectivity index (χ4n) is 2.56. The highest BCUT2D eigenvalue weighted by Gasteiger charge is 2.31. The van der Waals surface area contributed by atoms with Crippen molar-refractivity contribution in [3.8, 4) is 0 Å². The van der Waals surface area contributed by atoms with Gasteiger partial charge in [-0.1, -0.05) is 6.92 Å². The van der Waals surface area contributed by atoms with Gasteiger partial charge in [0.05, 0.1) is 6.20 Å². The number of nitrogens with zero attached hydrogens (tertiary/aromatic N) is 2. The Kier molecular flexibility index (Phi) is 3.26. The first-order chi connectivity index (χ1) is 7.36. The summed E-state index contributed by atoms with van der Waals surface area (Å²) in [7, 11) is 0. The Morgan fingerprint density at radius 3 is 3.13 bits per heavy atom. The van der Waals surface area contributed by atoms with Gasteiger partial charge in [0.2, 0.25) is 0 Å². The summed E-state index contributed by atoms with van der Waals surface area (Å²) in [6.07, 6.45) is 6.85. The summed E-state index contributed by atoms with van der Waals surface area (Å²) >= 11 is 0. The Hall–Kier alpha value is -1.03. The van der Waals surface area contributed by atoms with E-state index in [0.29, 0.717) is 12.0 Å². The minimum atomic E-state index is 0.488. The van der Waals surface area contributed by atoms with E-state index < -0.39 is 0 Å². The maximum absolute atomic E-state index is 5.81. The third-order valence-electron chi connectivity index (χ3n) is 3.30. The highest BCUT2D eigenvalue weighted by Crippen LogP contribution is 2.28. The minimum Gasteiger partial charge on any atom is -0.432 e. The summed E-state index contributed by atoms with van der Waals surface area (Å²) in [5, 5.41) is 0. The summed E-state index contributed by atoms with van der Waals surface area (Å²) in [6, 6.07) is 1.24. The number of hydrogen-bond acceptors (Lipinski definition) is 4. The Bertz CT molecular complexity index is 286. The second-order valence-electron chi connectivity index (χ2n) is 4.12. The number of oxazole rings is 1. The summed E-state index contributed by atoms with van der Waals surface area (Å²) in [5.41, 5.74) is 5.81. The quantitative estimate of drug-likeness (QED) is 0.822. The van der Waals surface area contributed by atoms with Gasteiger partial charge < -0.3 is 15.1 Å². The zero-order chi connectivity index (χ0) is 10.7. The molecule has 2 atom stereocenters. The van der Waals surface area contributed by atoms with Crippen LogP contribution in [0.15, 0.2) is 16.9 Å². The molecule has 0 unspecified atom stereocenters. The van der Waals surface area contributed by atoms with Crippen molar-refractivity contribution in [3.63, 3.8) is 0 Å². The molecule has 15 heavy (non-hydrogen) atoms. The lowest BCUT2D eigenvalue weighted by Crippen LogP contribution is -2.47. The lowest BCUT2D eigenvalue weighted by molar-refractivity contribution is 0.305. The monoisotopic (exact) mass is 209 g/mol. The van der Waals surface area contributed by atoms with Gasteiger partial charge in [-0.2, -0.15) is 0 Å². The van der Waals surface area contributed by atoms with Crippen molar-refractivity contribution in [2.24, 2.45) is 11.7 Å². The van der Waals surface area contributed by atoms with Crippen molar-refractivity contribution >= 4 is 6.01 Å². The van der Waals surface area contributed by atoms with Crippen LogP contribution in [0.1, 0.15) is 26.2 Å². The third kappa shape index (κ3) is 2.00. The van der Waals surface area contributed by atoms with Crippen LogP contribution >= 0.6 is 0 Å². The van der Waals surface area contributed by atoms with Crippen LogP contribution in [0, 0.1) is 5.92 Å². The molecule has 0 radical (unpaired) electrons. The summed E-state index contributed by atoms with van der Waals surface area (Å²) in [5.74, 6) is 0.579. The third-order valence-corrected chi connectivity index (χ3v) is 3.30. The Labute approximate surface area is 90.5 Å². The Balaban J connectivity index is 2.15. The maximum atomic E-state index is 5.81. The fourth-order valence-corrected chi connectivity index (χ4v) is 2.56. The summed E-state index contributed by atoms with van der Waals surface area (Å²) < 4.78 is 5.37. The van der Waals surface area contributed by atoms with E-state index >= 15 is 0 Å². The molecule has 0 amide bonds. The van der Waals surface area contributed by atoms with Gasteiger partial charge in [-0.25, -0.2) is 4.98 Å². The van der Waals surface area contributed by atoms with Gasteiger partial charge in [0.25, 0.3) is 6.01 Å². The van der Waals surface area contributed by atoms with Crippen LogP contribution in [0.25, 0.3) is 0 Å². The van der Waals surface area contributed by atoms with E-state index in [9.17, 15) is 0 Å². The molecule has 2 N–H and O–H groups in total. The molecular formula is C11H19N3O.